The van der Waals surface area contributed by atoms with Gasteiger partial charge in [-0.15, -0.1) is 0 Å². The number of aromatic nitrogens is 3. The SMILES string of the molecule is Cc1nccn1-c1cc(CNC(=O)c2ccccc2)ccn1. The second kappa shape index (κ2) is 6.22. The summed E-state index contributed by atoms with van der Waals surface area (Å²) in [5.41, 5.74) is 1.64. The number of aryl methyl sites for hydroxylation is 1. The largest absolute Gasteiger partial charge is 0.348 e. The highest BCUT2D eigenvalue weighted by atomic mass is 16.1. The molecule has 0 aliphatic carbocycles. The molecule has 1 amide bonds. The third kappa shape index (κ3) is 3.03. The molecule has 5 nitrogen and oxygen atoms in total. The molecule has 0 aliphatic heterocycles. The molecule has 0 atom stereocenters. The van der Waals surface area contributed by atoms with Crippen LogP contribution < -0.4 is 5.32 Å². The van der Waals surface area contributed by atoms with Gasteiger partial charge in [0.2, 0.25) is 0 Å². The molecule has 0 saturated heterocycles. The highest BCUT2D eigenvalue weighted by Gasteiger charge is 2.06. The summed E-state index contributed by atoms with van der Waals surface area (Å²) < 4.78 is 1.91. The quantitative estimate of drug-likeness (QED) is 0.803. The second-order valence-electron chi connectivity index (χ2n) is 4.92. The van der Waals surface area contributed by atoms with Crippen LogP contribution in [-0.2, 0) is 6.54 Å². The minimum Gasteiger partial charge on any atom is -0.348 e. The molecule has 1 N–H and O–H groups in total. The number of pyridine rings is 1. The molecule has 0 radical (unpaired) electrons. The van der Waals surface area contributed by atoms with Crippen molar-refractivity contribution in [3.05, 3.63) is 78.0 Å². The van der Waals surface area contributed by atoms with E-state index in [4.69, 9.17) is 0 Å². The summed E-state index contributed by atoms with van der Waals surface area (Å²) in [5.74, 6) is 1.58. The van der Waals surface area contributed by atoms with Crippen LogP contribution in [0.2, 0.25) is 0 Å². The maximum atomic E-state index is 12.0. The Balaban J connectivity index is 1.71. The Hall–Kier alpha value is -2.95. The van der Waals surface area contributed by atoms with Crippen molar-refractivity contribution in [2.75, 3.05) is 0 Å². The number of nitrogens with one attached hydrogen (secondary N) is 1. The number of benzene rings is 1. The molecule has 0 fully saturated rings. The Labute approximate surface area is 128 Å². The summed E-state index contributed by atoms with van der Waals surface area (Å²) in [6.45, 7) is 2.38. The van der Waals surface area contributed by atoms with Gasteiger partial charge < -0.3 is 5.32 Å². The maximum Gasteiger partial charge on any atom is 0.251 e. The van der Waals surface area contributed by atoms with Gasteiger partial charge in [-0.05, 0) is 36.8 Å². The van der Waals surface area contributed by atoms with Crippen molar-refractivity contribution < 1.29 is 4.79 Å². The van der Waals surface area contributed by atoms with Gasteiger partial charge in [-0.2, -0.15) is 0 Å². The first kappa shape index (κ1) is 14.0. The average Bonchev–Trinajstić information content (AvgIpc) is 3.00. The molecule has 0 bridgehead atoms. The number of hydrogen-bond donors (Lipinski definition) is 1. The highest BCUT2D eigenvalue weighted by molar-refractivity contribution is 5.94. The van der Waals surface area contributed by atoms with E-state index < -0.39 is 0 Å². The molecule has 110 valence electrons. The lowest BCUT2D eigenvalue weighted by atomic mass is 10.2. The van der Waals surface area contributed by atoms with Crippen molar-refractivity contribution in [2.45, 2.75) is 13.5 Å². The lowest BCUT2D eigenvalue weighted by molar-refractivity contribution is 0.0951. The summed E-state index contributed by atoms with van der Waals surface area (Å²) in [5, 5.41) is 2.91. The Kier molecular flexibility index (Phi) is 3.96. The number of amides is 1. The van der Waals surface area contributed by atoms with E-state index in [1.165, 1.54) is 0 Å². The third-order valence-corrected chi connectivity index (χ3v) is 3.37. The fourth-order valence-corrected chi connectivity index (χ4v) is 2.20. The van der Waals surface area contributed by atoms with Gasteiger partial charge in [0, 0.05) is 30.7 Å². The lowest BCUT2D eigenvalue weighted by Gasteiger charge is -2.08. The molecule has 2 heterocycles. The Morgan fingerprint density at radius 2 is 1.95 bits per heavy atom. The van der Waals surface area contributed by atoms with E-state index in [0.29, 0.717) is 12.1 Å². The van der Waals surface area contributed by atoms with Crippen molar-refractivity contribution in [3.63, 3.8) is 0 Å². The number of nitrogens with zero attached hydrogens (tertiary/aromatic N) is 3. The van der Waals surface area contributed by atoms with Crippen molar-refractivity contribution in [3.8, 4) is 5.82 Å². The van der Waals surface area contributed by atoms with Crippen molar-refractivity contribution in [1.82, 2.24) is 19.9 Å². The summed E-state index contributed by atoms with van der Waals surface area (Å²) in [7, 11) is 0. The van der Waals surface area contributed by atoms with Crippen LogP contribution >= 0.6 is 0 Å². The van der Waals surface area contributed by atoms with Crippen molar-refractivity contribution in [1.29, 1.82) is 0 Å². The third-order valence-electron chi connectivity index (χ3n) is 3.37. The van der Waals surface area contributed by atoms with Crippen LogP contribution in [0.3, 0.4) is 0 Å². The minimum absolute atomic E-state index is 0.0854. The summed E-state index contributed by atoms with van der Waals surface area (Å²) in [6.07, 6.45) is 5.34. The van der Waals surface area contributed by atoms with Gasteiger partial charge in [0.1, 0.15) is 11.6 Å². The molecule has 5 heteroatoms. The molecule has 0 saturated carbocycles. The normalized spacial score (nSPS) is 10.4. The Morgan fingerprint density at radius 3 is 2.68 bits per heavy atom. The fraction of sp³-hybridized carbons (Fsp3) is 0.118. The Bertz CT molecular complexity index is 780. The molecule has 1 aromatic carbocycles. The monoisotopic (exact) mass is 292 g/mol. The van der Waals surface area contributed by atoms with Crippen LogP contribution in [0.15, 0.2) is 61.1 Å². The first-order valence-corrected chi connectivity index (χ1v) is 7.02. The summed E-state index contributed by atoms with van der Waals surface area (Å²) in [4.78, 5) is 20.6. The van der Waals surface area contributed by atoms with Crippen molar-refractivity contribution in [2.24, 2.45) is 0 Å². The number of rotatable bonds is 4. The fourth-order valence-electron chi connectivity index (χ4n) is 2.20. The molecule has 0 unspecified atom stereocenters. The average molecular weight is 292 g/mol. The van der Waals surface area contributed by atoms with Gasteiger partial charge in [0.25, 0.3) is 5.91 Å². The van der Waals surface area contributed by atoms with E-state index >= 15 is 0 Å². The smallest absolute Gasteiger partial charge is 0.251 e. The number of carbonyl (C=O) groups excluding carboxylic acids is 1. The van der Waals surface area contributed by atoms with Crippen LogP contribution in [0.1, 0.15) is 21.7 Å². The number of carbonyl (C=O) groups is 1. The van der Waals surface area contributed by atoms with E-state index in [-0.39, 0.29) is 5.91 Å². The lowest BCUT2D eigenvalue weighted by Crippen LogP contribution is -2.22. The molecule has 2 aromatic heterocycles. The molecule has 3 aromatic rings. The van der Waals surface area contributed by atoms with E-state index in [9.17, 15) is 4.79 Å². The van der Waals surface area contributed by atoms with Gasteiger partial charge in [-0.25, -0.2) is 9.97 Å². The summed E-state index contributed by atoms with van der Waals surface area (Å²) >= 11 is 0. The number of hydrogen-bond acceptors (Lipinski definition) is 3. The predicted octanol–water partition coefficient (Wildman–Crippen LogP) is 2.51. The van der Waals surface area contributed by atoms with Gasteiger partial charge in [0.15, 0.2) is 0 Å². The van der Waals surface area contributed by atoms with Gasteiger partial charge >= 0.3 is 0 Å². The molecule has 3 rings (SSSR count). The van der Waals surface area contributed by atoms with Gasteiger partial charge in [0.05, 0.1) is 0 Å². The van der Waals surface area contributed by atoms with E-state index in [1.54, 1.807) is 24.5 Å². The molecule has 22 heavy (non-hydrogen) atoms. The minimum atomic E-state index is -0.0854. The number of imidazole rings is 1. The van der Waals surface area contributed by atoms with Crippen LogP contribution in [-0.4, -0.2) is 20.4 Å². The van der Waals surface area contributed by atoms with Crippen LogP contribution in [0.5, 0.6) is 0 Å². The molecular weight excluding hydrogens is 276 g/mol. The molecular formula is C17H16N4O. The standard InChI is InChI=1S/C17H16N4O/c1-13-18-9-10-21(13)16-11-14(7-8-19-16)12-20-17(22)15-5-3-2-4-6-15/h2-11H,12H2,1H3,(H,20,22). The van der Waals surface area contributed by atoms with Crippen LogP contribution in [0.4, 0.5) is 0 Å². The molecule has 0 aliphatic rings. The van der Waals surface area contributed by atoms with E-state index in [1.807, 2.05) is 48.0 Å². The topological polar surface area (TPSA) is 59.8 Å². The predicted molar refractivity (Wildman–Crippen MR) is 83.7 cm³/mol. The van der Waals surface area contributed by atoms with Gasteiger partial charge in [-0.1, -0.05) is 18.2 Å². The zero-order valence-corrected chi connectivity index (χ0v) is 12.2. The zero-order chi connectivity index (χ0) is 15.4. The van der Waals surface area contributed by atoms with E-state index in [2.05, 4.69) is 15.3 Å². The van der Waals surface area contributed by atoms with Crippen LogP contribution in [0.25, 0.3) is 5.82 Å². The van der Waals surface area contributed by atoms with Gasteiger partial charge in [-0.3, -0.25) is 9.36 Å². The highest BCUT2D eigenvalue weighted by Crippen LogP contribution is 2.09. The maximum absolute atomic E-state index is 12.0. The van der Waals surface area contributed by atoms with Crippen LogP contribution in [0, 0.1) is 6.92 Å². The van der Waals surface area contributed by atoms with E-state index in [0.717, 1.165) is 17.2 Å². The second-order valence-corrected chi connectivity index (χ2v) is 4.92. The molecule has 0 spiro atoms. The van der Waals surface area contributed by atoms with Crippen molar-refractivity contribution >= 4 is 5.91 Å². The first-order chi connectivity index (χ1) is 10.7. The first-order valence-electron chi connectivity index (χ1n) is 7.02. The zero-order valence-electron chi connectivity index (χ0n) is 12.2. The summed E-state index contributed by atoms with van der Waals surface area (Å²) in [6, 6.07) is 13.0. The Morgan fingerprint density at radius 1 is 1.14 bits per heavy atom.